The second-order valence-electron chi connectivity index (χ2n) is 7.63. The van der Waals surface area contributed by atoms with E-state index >= 15 is 0 Å². The third-order valence-electron chi connectivity index (χ3n) is 5.26. The fourth-order valence-electron chi connectivity index (χ4n) is 3.81. The number of esters is 2. The number of dihydropyridines is 1. The molecule has 0 unspecified atom stereocenters. The van der Waals surface area contributed by atoms with Crippen LogP contribution >= 0.6 is 0 Å². The number of unbranched alkanes of at least 4 members (excludes halogenated alkanes) is 3. The van der Waals surface area contributed by atoms with Crippen molar-refractivity contribution in [2.24, 2.45) is 0 Å². The summed E-state index contributed by atoms with van der Waals surface area (Å²) in [6, 6.07) is 3.80. The summed E-state index contributed by atoms with van der Waals surface area (Å²) in [6.45, 7) is 6.25. The molecular formula is C26H31N2O4+. The number of terminal acetylenes is 2. The number of carbonyl (C=O) groups is 2. The zero-order valence-corrected chi connectivity index (χ0v) is 19.1. The van der Waals surface area contributed by atoms with Crippen molar-refractivity contribution in [3.8, 4) is 24.7 Å². The van der Waals surface area contributed by atoms with Crippen LogP contribution in [0.5, 0.6) is 0 Å². The standard InChI is InChI=1S/C26H30N2O4/c1-6-9-10-11-14-28-15-12-13-21(18-28)24-22(25(29)31-16-7-2)19(4)27-20(5)23(24)26(30)32-17-8-3/h2-3,12-13,15,18,24H,6,9-11,14,16-17H2,1,4-5H3/p+1. The highest BCUT2D eigenvalue weighted by atomic mass is 16.5. The number of nitrogens with one attached hydrogen (secondary N) is 1. The van der Waals surface area contributed by atoms with Gasteiger partial charge in [0, 0.05) is 29.4 Å². The van der Waals surface area contributed by atoms with Crippen LogP contribution in [0.1, 0.15) is 57.9 Å². The van der Waals surface area contributed by atoms with E-state index < -0.39 is 17.9 Å². The minimum Gasteiger partial charge on any atom is -0.449 e. The Morgan fingerprint density at radius 2 is 1.62 bits per heavy atom. The molecule has 0 saturated heterocycles. The molecule has 2 rings (SSSR count). The molecule has 168 valence electrons. The van der Waals surface area contributed by atoms with Crippen molar-refractivity contribution in [2.75, 3.05) is 13.2 Å². The maximum atomic E-state index is 12.9. The molecular weight excluding hydrogens is 404 g/mol. The van der Waals surface area contributed by atoms with Crippen LogP contribution in [0, 0.1) is 24.7 Å². The number of allylic oxidation sites excluding steroid dienone is 2. The van der Waals surface area contributed by atoms with Gasteiger partial charge in [-0.15, -0.1) is 12.8 Å². The van der Waals surface area contributed by atoms with Crippen molar-refractivity contribution in [1.82, 2.24) is 5.32 Å². The van der Waals surface area contributed by atoms with Crippen LogP contribution in [-0.2, 0) is 25.6 Å². The van der Waals surface area contributed by atoms with Crippen LogP contribution in [0.25, 0.3) is 0 Å². The van der Waals surface area contributed by atoms with Crippen LogP contribution in [0.2, 0.25) is 0 Å². The van der Waals surface area contributed by atoms with Crippen molar-refractivity contribution < 1.29 is 23.6 Å². The Labute approximate surface area is 190 Å². The molecule has 0 atom stereocenters. The maximum absolute atomic E-state index is 12.9. The van der Waals surface area contributed by atoms with Gasteiger partial charge in [-0.25, -0.2) is 14.2 Å². The van der Waals surface area contributed by atoms with Crippen molar-refractivity contribution in [3.05, 3.63) is 52.6 Å². The number of carbonyl (C=O) groups excluding carboxylic acids is 2. The lowest BCUT2D eigenvalue weighted by Gasteiger charge is -2.29. The van der Waals surface area contributed by atoms with Crippen molar-refractivity contribution in [1.29, 1.82) is 0 Å². The molecule has 1 aliphatic rings. The van der Waals surface area contributed by atoms with Crippen LogP contribution in [0.15, 0.2) is 47.1 Å². The van der Waals surface area contributed by atoms with Gasteiger partial charge in [0.2, 0.25) is 0 Å². The van der Waals surface area contributed by atoms with Gasteiger partial charge >= 0.3 is 11.9 Å². The van der Waals surface area contributed by atoms with Crippen LogP contribution in [-0.4, -0.2) is 25.2 Å². The lowest BCUT2D eigenvalue weighted by Crippen LogP contribution is -2.36. The van der Waals surface area contributed by atoms with Crippen LogP contribution < -0.4 is 9.88 Å². The Kier molecular flexibility index (Phi) is 9.57. The summed E-state index contributed by atoms with van der Waals surface area (Å²) in [4.78, 5) is 25.9. The summed E-state index contributed by atoms with van der Waals surface area (Å²) in [7, 11) is 0. The van der Waals surface area contributed by atoms with Gasteiger partial charge in [-0.2, -0.15) is 0 Å². The number of pyridine rings is 1. The van der Waals surface area contributed by atoms with Gasteiger partial charge in [0.25, 0.3) is 0 Å². The summed E-state index contributed by atoms with van der Waals surface area (Å²) in [5.74, 6) is 2.78. The topological polar surface area (TPSA) is 68.5 Å². The normalized spacial score (nSPS) is 13.8. The molecule has 1 aromatic rings. The number of hydrogen-bond donors (Lipinski definition) is 1. The second-order valence-corrected chi connectivity index (χ2v) is 7.63. The molecule has 0 spiro atoms. The van der Waals surface area contributed by atoms with E-state index in [-0.39, 0.29) is 13.2 Å². The molecule has 1 aromatic heterocycles. The number of nitrogens with zero attached hydrogens (tertiary/aromatic N) is 1. The molecule has 0 aromatic carbocycles. The third-order valence-corrected chi connectivity index (χ3v) is 5.26. The lowest BCUT2D eigenvalue weighted by atomic mass is 9.81. The highest BCUT2D eigenvalue weighted by Gasteiger charge is 2.39. The van der Waals surface area contributed by atoms with E-state index in [0.717, 1.165) is 24.9 Å². The van der Waals surface area contributed by atoms with E-state index in [0.29, 0.717) is 22.5 Å². The first-order valence-corrected chi connectivity index (χ1v) is 10.8. The van der Waals surface area contributed by atoms with E-state index in [4.69, 9.17) is 22.3 Å². The van der Waals surface area contributed by atoms with Gasteiger partial charge in [-0.05, 0) is 26.3 Å². The molecule has 0 radical (unpaired) electrons. The van der Waals surface area contributed by atoms with E-state index in [2.05, 4.69) is 28.6 Å². The molecule has 0 bridgehead atoms. The molecule has 0 saturated carbocycles. The average Bonchev–Trinajstić information content (AvgIpc) is 2.78. The predicted octanol–water partition coefficient (Wildman–Crippen LogP) is 3.14. The third kappa shape index (κ3) is 6.25. The summed E-state index contributed by atoms with van der Waals surface area (Å²) >= 11 is 0. The summed E-state index contributed by atoms with van der Waals surface area (Å²) in [5, 5.41) is 3.10. The van der Waals surface area contributed by atoms with Crippen molar-refractivity contribution in [3.63, 3.8) is 0 Å². The number of ether oxygens (including phenoxy) is 2. The number of hydrogen-bond acceptors (Lipinski definition) is 5. The largest absolute Gasteiger partial charge is 0.449 e. The second kappa shape index (κ2) is 12.4. The van der Waals surface area contributed by atoms with Gasteiger partial charge in [0.1, 0.15) is 6.54 Å². The molecule has 1 aliphatic heterocycles. The van der Waals surface area contributed by atoms with Crippen LogP contribution in [0.3, 0.4) is 0 Å². The molecule has 0 aliphatic carbocycles. The maximum Gasteiger partial charge on any atom is 0.337 e. The SMILES string of the molecule is C#CCOC(=O)C1=C(C)NC(C)=C(C(=O)OCC#C)C1c1ccc[n+](CCCCCC)c1. The van der Waals surface area contributed by atoms with Gasteiger partial charge in [-0.1, -0.05) is 31.6 Å². The molecule has 6 heteroatoms. The molecule has 0 amide bonds. The smallest absolute Gasteiger partial charge is 0.337 e. The highest BCUT2D eigenvalue weighted by Crippen LogP contribution is 2.38. The Bertz CT molecular complexity index is 940. The first kappa shape index (κ1) is 24.8. The van der Waals surface area contributed by atoms with Crippen LogP contribution in [0.4, 0.5) is 0 Å². The first-order valence-electron chi connectivity index (χ1n) is 10.8. The van der Waals surface area contributed by atoms with Gasteiger partial charge in [-0.3, -0.25) is 0 Å². The first-order chi connectivity index (χ1) is 15.4. The summed E-state index contributed by atoms with van der Waals surface area (Å²) in [6.07, 6.45) is 19.0. The highest BCUT2D eigenvalue weighted by molar-refractivity contribution is 5.99. The van der Waals surface area contributed by atoms with Crippen molar-refractivity contribution >= 4 is 11.9 Å². The fourth-order valence-corrected chi connectivity index (χ4v) is 3.81. The number of rotatable bonds is 10. The lowest BCUT2D eigenvalue weighted by molar-refractivity contribution is -0.697. The van der Waals surface area contributed by atoms with Gasteiger partial charge in [0.05, 0.1) is 17.1 Å². The van der Waals surface area contributed by atoms with Crippen molar-refractivity contribution in [2.45, 2.75) is 58.9 Å². The fraction of sp³-hybridized carbons (Fsp3) is 0.423. The molecule has 1 N–H and O–H groups in total. The minimum absolute atomic E-state index is 0.159. The Hall–Kier alpha value is -3.51. The quantitative estimate of drug-likeness (QED) is 0.265. The van der Waals surface area contributed by atoms with E-state index in [9.17, 15) is 9.59 Å². The molecule has 2 heterocycles. The Morgan fingerprint density at radius 3 is 2.16 bits per heavy atom. The number of aryl methyl sites for hydroxylation is 1. The molecule has 6 nitrogen and oxygen atoms in total. The Balaban J connectivity index is 2.49. The minimum atomic E-state index is -0.671. The Morgan fingerprint density at radius 1 is 1.03 bits per heavy atom. The van der Waals surface area contributed by atoms with E-state index in [1.54, 1.807) is 13.8 Å². The van der Waals surface area contributed by atoms with E-state index in [1.165, 1.54) is 12.8 Å². The van der Waals surface area contributed by atoms with Gasteiger partial charge < -0.3 is 14.8 Å². The van der Waals surface area contributed by atoms with Gasteiger partial charge in [0.15, 0.2) is 25.6 Å². The summed E-state index contributed by atoms with van der Waals surface area (Å²) in [5.41, 5.74) is 2.62. The number of aromatic nitrogens is 1. The average molecular weight is 436 g/mol. The summed E-state index contributed by atoms with van der Waals surface area (Å²) < 4.78 is 12.5. The van der Waals surface area contributed by atoms with E-state index in [1.807, 2.05) is 24.5 Å². The zero-order valence-electron chi connectivity index (χ0n) is 19.1. The molecule has 32 heavy (non-hydrogen) atoms. The monoisotopic (exact) mass is 435 g/mol. The predicted molar refractivity (Wildman–Crippen MR) is 122 cm³/mol. The zero-order chi connectivity index (χ0) is 23.5. The molecule has 0 fully saturated rings.